The Morgan fingerprint density at radius 1 is 1.17 bits per heavy atom. The minimum atomic E-state index is -2.35. The van der Waals surface area contributed by atoms with E-state index in [0.717, 1.165) is 50.1 Å². The molecule has 1 saturated heterocycles. The van der Waals surface area contributed by atoms with Crippen LogP contribution in [0.25, 0.3) is 0 Å². The van der Waals surface area contributed by atoms with Crippen molar-refractivity contribution in [2.24, 2.45) is 0 Å². The van der Waals surface area contributed by atoms with Crippen LogP contribution in [-0.2, 0) is 18.1 Å². The van der Waals surface area contributed by atoms with Gasteiger partial charge >= 0.3 is 8.80 Å². The van der Waals surface area contributed by atoms with Crippen molar-refractivity contribution in [3.63, 3.8) is 0 Å². The average Bonchev–Trinajstić information content (AvgIpc) is 2.92. The number of hydroxylamine groups is 2. The third kappa shape index (κ3) is 5.56. The highest BCUT2D eigenvalue weighted by Gasteiger charge is 2.36. The second kappa shape index (κ2) is 9.30. The average molecular weight is 295 g/mol. The van der Waals surface area contributed by atoms with Gasteiger partial charge in [0.05, 0.1) is 6.61 Å². The molecule has 0 atom stereocenters. The second-order valence-corrected chi connectivity index (χ2v) is 8.44. The third-order valence-electron chi connectivity index (χ3n) is 3.02. The molecule has 0 aliphatic carbocycles. The Morgan fingerprint density at radius 2 is 1.89 bits per heavy atom. The van der Waals surface area contributed by atoms with Gasteiger partial charge < -0.3 is 13.3 Å². The van der Waals surface area contributed by atoms with Gasteiger partial charge in [-0.2, -0.15) is 16.8 Å². The summed E-state index contributed by atoms with van der Waals surface area (Å²) in [4.78, 5) is 5.43. The molecule has 108 valence electrons. The SMILES string of the molecule is CO[Si](CCCSCCN1CCCO1)(OC)OC. The second-order valence-electron chi connectivity index (χ2n) is 4.13. The number of hydrogen-bond acceptors (Lipinski definition) is 6. The molecule has 0 aromatic carbocycles. The van der Waals surface area contributed by atoms with Crippen LogP contribution in [0.15, 0.2) is 0 Å². The standard InChI is InChI=1S/C11H25NO4SSi/c1-13-18(14-2,15-3)11-5-9-17-10-7-12-6-4-8-16-12/h4-11H2,1-3H3. The normalized spacial score (nSPS) is 17.5. The summed E-state index contributed by atoms with van der Waals surface area (Å²) in [5.41, 5.74) is 0. The molecule has 1 heterocycles. The first-order valence-corrected chi connectivity index (χ1v) is 9.46. The van der Waals surface area contributed by atoms with Crippen LogP contribution < -0.4 is 0 Å². The fourth-order valence-electron chi connectivity index (χ4n) is 1.89. The lowest BCUT2D eigenvalue weighted by Crippen LogP contribution is -2.42. The van der Waals surface area contributed by atoms with Gasteiger partial charge in [-0.25, -0.2) is 0 Å². The predicted octanol–water partition coefficient (Wildman–Crippen LogP) is 1.63. The molecule has 7 heteroatoms. The number of thioether (sulfide) groups is 1. The molecule has 0 N–H and O–H groups in total. The first-order chi connectivity index (χ1) is 8.76. The first kappa shape index (κ1) is 16.4. The van der Waals surface area contributed by atoms with E-state index >= 15 is 0 Å². The third-order valence-corrected chi connectivity index (χ3v) is 6.90. The molecule has 0 amide bonds. The molecule has 0 unspecified atom stereocenters. The maximum absolute atomic E-state index is 5.43. The van der Waals surface area contributed by atoms with Crippen molar-refractivity contribution in [1.29, 1.82) is 0 Å². The molecule has 0 saturated carbocycles. The summed E-state index contributed by atoms with van der Waals surface area (Å²) in [5, 5.41) is 2.06. The molecule has 0 bridgehead atoms. The Morgan fingerprint density at radius 3 is 2.44 bits per heavy atom. The zero-order valence-electron chi connectivity index (χ0n) is 11.6. The fourth-order valence-corrected chi connectivity index (χ4v) is 4.75. The van der Waals surface area contributed by atoms with Crippen molar-refractivity contribution in [1.82, 2.24) is 5.06 Å². The van der Waals surface area contributed by atoms with Gasteiger partial charge in [0.1, 0.15) is 0 Å². The smallest absolute Gasteiger partial charge is 0.377 e. The summed E-state index contributed by atoms with van der Waals surface area (Å²) in [6.07, 6.45) is 2.22. The van der Waals surface area contributed by atoms with Gasteiger partial charge in [0.2, 0.25) is 0 Å². The lowest BCUT2D eigenvalue weighted by molar-refractivity contribution is -0.104. The Labute approximate surface area is 115 Å². The molecule has 1 fully saturated rings. The molecule has 0 radical (unpaired) electrons. The monoisotopic (exact) mass is 295 g/mol. The van der Waals surface area contributed by atoms with Crippen LogP contribution in [0, 0.1) is 0 Å². The van der Waals surface area contributed by atoms with Gasteiger partial charge in [-0.1, -0.05) is 0 Å². The van der Waals surface area contributed by atoms with E-state index in [4.69, 9.17) is 18.1 Å². The van der Waals surface area contributed by atoms with Crippen molar-refractivity contribution in [2.45, 2.75) is 18.9 Å². The maximum atomic E-state index is 5.43. The molecule has 18 heavy (non-hydrogen) atoms. The fraction of sp³-hybridized carbons (Fsp3) is 1.00. The van der Waals surface area contributed by atoms with E-state index in [-0.39, 0.29) is 0 Å². The molecule has 0 aromatic heterocycles. The van der Waals surface area contributed by atoms with Gasteiger partial charge in [0, 0.05) is 46.2 Å². The molecular formula is C11H25NO4SSi. The van der Waals surface area contributed by atoms with E-state index in [9.17, 15) is 0 Å². The largest absolute Gasteiger partial charge is 0.500 e. The van der Waals surface area contributed by atoms with Crippen LogP contribution in [-0.4, -0.2) is 66.4 Å². The lowest BCUT2D eigenvalue weighted by Gasteiger charge is -2.24. The van der Waals surface area contributed by atoms with Crippen molar-refractivity contribution < 1.29 is 18.1 Å². The van der Waals surface area contributed by atoms with E-state index in [2.05, 4.69) is 5.06 Å². The Hall–Kier alpha value is 0.367. The van der Waals surface area contributed by atoms with Crippen LogP contribution in [0.4, 0.5) is 0 Å². The number of rotatable bonds is 10. The topological polar surface area (TPSA) is 40.2 Å². The van der Waals surface area contributed by atoms with E-state index in [0.29, 0.717) is 0 Å². The predicted molar refractivity (Wildman–Crippen MR) is 75.7 cm³/mol. The van der Waals surface area contributed by atoms with Crippen molar-refractivity contribution in [2.75, 3.05) is 52.5 Å². The van der Waals surface area contributed by atoms with Crippen LogP contribution >= 0.6 is 11.8 Å². The Kier molecular flexibility index (Phi) is 8.48. The van der Waals surface area contributed by atoms with Gasteiger partial charge in [-0.05, 0) is 18.6 Å². The minimum Gasteiger partial charge on any atom is -0.377 e. The van der Waals surface area contributed by atoms with E-state index in [1.165, 1.54) is 0 Å². The summed E-state index contributed by atoms with van der Waals surface area (Å²) in [5.74, 6) is 2.22. The van der Waals surface area contributed by atoms with E-state index in [1.54, 1.807) is 21.3 Å². The molecule has 0 aromatic rings. The van der Waals surface area contributed by atoms with Crippen LogP contribution in [0.3, 0.4) is 0 Å². The molecule has 5 nitrogen and oxygen atoms in total. The van der Waals surface area contributed by atoms with E-state index < -0.39 is 8.80 Å². The summed E-state index contributed by atoms with van der Waals surface area (Å²) in [6, 6.07) is 0.879. The van der Waals surface area contributed by atoms with Crippen LogP contribution in [0.1, 0.15) is 12.8 Å². The zero-order chi connectivity index (χ0) is 13.3. The van der Waals surface area contributed by atoms with Crippen LogP contribution in [0.2, 0.25) is 6.04 Å². The van der Waals surface area contributed by atoms with Gasteiger partial charge in [0.15, 0.2) is 0 Å². The van der Waals surface area contributed by atoms with Crippen molar-refractivity contribution >= 4 is 20.6 Å². The minimum absolute atomic E-state index is 0.879. The zero-order valence-corrected chi connectivity index (χ0v) is 13.5. The number of hydrogen-bond donors (Lipinski definition) is 0. The quantitative estimate of drug-likeness (QED) is 0.451. The molecule has 1 aliphatic rings. The molecule has 0 spiro atoms. The van der Waals surface area contributed by atoms with Crippen molar-refractivity contribution in [3.8, 4) is 0 Å². The van der Waals surface area contributed by atoms with Gasteiger partial charge in [-0.15, -0.1) is 0 Å². The highest BCUT2D eigenvalue weighted by molar-refractivity contribution is 7.99. The first-order valence-electron chi connectivity index (χ1n) is 6.37. The molecule has 1 aliphatic heterocycles. The Bertz CT molecular complexity index is 205. The summed E-state index contributed by atoms with van der Waals surface area (Å²) < 4.78 is 16.1. The molecule has 1 rings (SSSR count). The van der Waals surface area contributed by atoms with Gasteiger partial charge in [-0.3, -0.25) is 4.84 Å². The lowest BCUT2D eigenvalue weighted by atomic mass is 10.5. The van der Waals surface area contributed by atoms with Crippen molar-refractivity contribution in [3.05, 3.63) is 0 Å². The maximum Gasteiger partial charge on any atom is 0.500 e. The van der Waals surface area contributed by atoms with E-state index in [1.807, 2.05) is 11.8 Å². The highest BCUT2D eigenvalue weighted by Crippen LogP contribution is 2.17. The van der Waals surface area contributed by atoms with Gasteiger partial charge in [0.25, 0.3) is 0 Å². The summed E-state index contributed by atoms with van der Waals surface area (Å²) in [6.45, 7) is 2.98. The highest BCUT2D eigenvalue weighted by atomic mass is 32.2. The summed E-state index contributed by atoms with van der Waals surface area (Å²) >= 11 is 1.95. The summed E-state index contributed by atoms with van der Waals surface area (Å²) in [7, 11) is 2.64. The Balaban J connectivity index is 2.00. The number of nitrogens with zero attached hydrogens (tertiary/aromatic N) is 1. The van der Waals surface area contributed by atoms with Crippen LogP contribution in [0.5, 0.6) is 0 Å². The molecular weight excluding hydrogens is 270 g/mol.